The minimum Gasteiger partial charge on any atom is -0.399 e. The van der Waals surface area contributed by atoms with Gasteiger partial charge in [-0.3, -0.25) is 4.68 Å². The number of alkyl halides is 3. The van der Waals surface area contributed by atoms with Crippen molar-refractivity contribution < 1.29 is 22.5 Å². The van der Waals surface area contributed by atoms with Gasteiger partial charge in [-0.05, 0) is 45.4 Å². The molecule has 0 N–H and O–H groups in total. The van der Waals surface area contributed by atoms with Crippen LogP contribution in [0.2, 0.25) is 0 Å². The van der Waals surface area contributed by atoms with Crippen LogP contribution in [0.25, 0.3) is 0 Å². The maximum atomic E-state index is 12.6. The normalized spacial score (nSPS) is 19.4. The molecule has 1 aromatic carbocycles. The van der Waals surface area contributed by atoms with E-state index in [4.69, 9.17) is 9.31 Å². The first-order valence-corrected chi connectivity index (χ1v) is 8.02. The van der Waals surface area contributed by atoms with Crippen LogP contribution in [0, 0.1) is 0 Å². The fraction of sp³-hybridized carbons (Fsp3) is 0.471. The van der Waals surface area contributed by atoms with E-state index >= 15 is 0 Å². The summed E-state index contributed by atoms with van der Waals surface area (Å²) in [5, 5.41) is 4.26. The molecule has 2 heterocycles. The summed E-state index contributed by atoms with van der Waals surface area (Å²) in [5.74, 6) is 0. The number of hydrogen-bond acceptors (Lipinski definition) is 3. The molecule has 3 rings (SSSR count). The summed E-state index contributed by atoms with van der Waals surface area (Å²) in [4.78, 5) is 0. The Morgan fingerprint density at radius 2 is 1.60 bits per heavy atom. The second-order valence-corrected chi connectivity index (χ2v) is 7.25. The minimum absolute atomic E-state index is 0.373. The zero-order chi connectivity index (χ0) is 18.5. The Morgan fingerprint density at radius 1 is 1.04 bits per heavy atom. The van der Waals surface area contributed by atoms with E-state index < -0.39 is 30.1 Å². The molecule has 25 heavy (non-hydrogen) atoms. The fourth-order valence-electron chi connectivity index (χ4n) is 2.55. The first kappa shape index (κ1) is 18.0. The molecule has 8 heteroatoms. The smallest absolute Gasteiger partial charge is 0.399 e. The van der Waals surface area contributed by atoms with Gasteiger partial charge in [0.25, 0.3) is 0 Å². The number of benzene rings is 1. The van der Waals surface area contributed by atoms with E-state index in [1.807, 2.05) is 27.7 Å². The standard InChI is InChI=1S/C17H20BF3N2O2/c1-15(2)16(3,4)25-18(24-15)14-9-22-23(11-14)10-12-5-7-13(8-6-12)17(19,20)21/h5-9,11H,10H2,1-4H3. The first-order chi connectivity index (χ1) is 11.5. The summed E-state index contributed by atoms with van der Waals surface area (Å²) < 4.78 is 51.4. The fourth-order valence-corrected chi connectivity index (χ4v) is 2.55. The number of aromatic nitrogens is 2. The Labute approximate surface area is 145 Å². The van der Waals surface area contributed by atoms with Crippen LogP contribution in [0.4, 0.5) is 13.2 Å². The molecule has 0 bridgehead atoms. The van der Waals surface area contributed by atoms with Gasteiger partial charge >= 0.3 is 13.3 Å². The molecule has 1 aromatic heterocycles. The second-order valence-electron chi connectivity index (χ2n) is 7.25. The minimum atomic E-state index is -4.33. The van der Waals surface area contributed by atoms with Crippen molar-refractivity contribution in [2.45, 2.75) is 51.6 Å². The maximum Gasteiger partial charge on any atom is 0.498 e. The van der Waals surface area contributed by atoms with E-state index in [0.717, 1.165) is 23.2 Å². The number of halogens is 3. The van der Waals surface area contributed by atoms with Crippen LogP contribution in [0.15, 0.2) is 36.7 Å². The first-order valence-electron chi connectivity index (χ1n) is 8.02. The summed E-state index contributed by atoms with van der Waals surface area (Å²) in [6, 6.07) is 5.07. The molecule has 1 saturated heterocycles. The third-order valence-corrected chi connectivity index (χ3v) is 4.80. The Hall–Kier alpha value is -1.80. The van der Waals surface area contributed by atoms with E-state index in [1.54, 1.807) is 17.1 Å². The average Bonchev–Trinajstić information content (AvgIpc) is 3.01. The molecule has 0 unspecified atom stereocenters. The average molecular weight is 352 g/mol. The van der Waals surface area contributed by atoms with Gasteiger partial charge in [-0.1, -0.05) is 12.1 Å². The molecule has 0 saturated carbocycles. The van der Waals surface area contributed by atoms with Gasteiger partial charge in [0, 0.05) is 17.9 Å². The molecule has 0 amide bonds. The molecule has 0 radical (unpaired) electrons. The zero-order valence-electron chi connectivity index (χ0n) is 14.6. The molecule has 0 spiro atoms. The lowest BCUT2D eigenvalue weighted by molar-refractivity contribution is -0.137. The van der Waals surface area contributed by atoms with Crippen molar-refractivity contribution in [2.24, 2.45) is 0 Å². The molecular formula is C17H20BF3N2O2. The van der Waals surface area contributed by atoms with E-state index in [9.17, 15) is 13.2 Å². The van der Waals surface area contributed by atoms with Crippen LogP contribution in [0.3, 0.4) is 0 Å². The monoisotopic (exact) mass is 352 g/mol. The van der Waals surface area contributed by atoms with Crippen molar-refractivity contribution in [3.05, 3.63) is 47.8 Å². The molecule has 0 atom stereocenters. The summed E-state index contributed by atoms with van der Waals surface area (Å²) in [7, 11) is -0.508. The predicted octanol–water partition coefficient (Wildman–Crippen LogP) is 3.25. The Balaban J connectivity index is 1.71. The van der Waals surface area contributed by atoms with Crippen molar-refractivity contribution in [1.82, 2.24) is 9.78 Å². The molecule has 0 aliphatic carbocycles. The number of rotatable bonds is 3. The maximum absolute atomic E-state index is 12.6. The van der Waals surface area contributed by atoms with Gasteiger partial charge in [0.15, 0.2) is 0 Å². The van der Waals surface area contributed by atoms with Crippen molar-refractivity contribution in [1.29, 1.82) is 0 Å². The van der Waals surface area contributed by atoms with Gasteiger partial charge in [-0.2, -0.15) is 18.3 Å². The van der Waals surface area contributed by atoms with Crippen molar-refractivity contribution in [3.8, 4) is 0 Å². The van der Waals surface area contributed by atoms with Crippen LogP contribution >= 0.6 is 0 Å². The van der Waals surface area contributed by atoms with Crippen LogP contribution in [0.5, 0.6) is 0 Å². The lowest BCUT2D eigenvalue weighted by Gasteiger charge is -2.32. The third kappa shape index (κ3) is 3.60. The second kappa shape index (κ2) is 5.88. The van der Waals surface area contributed by atoms with Crippen LogP contribution < -0.4 is 5.46 Å². The third-order valence-electron chi connectivity index (χ3n) is 4.80. The molecule has 134 valence electrons. The van der Waals surface area contributed by atoms with Crippen LogP contribution in [-0.2, 0) is 22.0 Å². The largest absolute Gasteiger partial charge is 0.498 e. The Morgan fingerprint density at radius 3 is 2.12 bits per heavy atom. The Bertz CT molecular complexity index is 738. The van der Waals surface area contributed by atoms with Gasteiger partial charge in [-0.15, -0.1) is 0 Å². The topological polar surface area (TPSA) is 36.3 Å². The van der Waals surface area contributed by atoms with E-state index in [-0.39, 0.29) is 0 Å². The van der Waals surface area contributed by atoms with Crippen LogP contribution in [-0.4, -0.2) is 28.1 Å². The summed E-state index contributed by atoms with van der Waals surface area (Å²) in [6.07, 6.45) is -0.875. The lowest BCUT2D eigenvalue weighted by Crippen LogP contribution is -2.41. The van der Waals surface area contributed by atoms with Crippen LogP contribution in [0.1, 0.15) is 38.8 Å². The molecule has 1 aliphatic heterocycles. The van der Waals surface area contributed by atoms with Gasteiger partial charge < -0.3 is 9.31 Å². The molecule has 1 fully saturated rings. The summed E-state index contributed by atoms with van der Waals surface area (Å²) in [5.41, 5.74) is -0.0165. The predicted molar refractivity (Wildman–Crippen MR) is 88.5 cm³/mol. The van der Waals surface area contributed by atoms with Crippen molar-refractivity contribution in [2.75, 3.05) is 0 Å². The summed E-state index contributed by atoms with van der Waals surface area (Å²) >= 11 is 0. The highest BCUT2D eigenvalue weighted by atomic mass is 19.4. The van der Waals surface area contributed by atoms with Crippen molar-refractivity contribution in [3.63, 3.8) is 0 Å². The Kier molecular flexibility index (Phi) is 4.24. The highest BCUT2D eigenvalue weighted by Crippen LogP contribution is 2.36. The van der Waals surface area contributed by atoms with E-state index in [1.165, 1.54) is 12.1 Å². The van der Waals surface area contributed by atoms with Gasteiger partial charge in [-0.25, -0.2) is 0 Å². The molecule has 2 aromatic rings. The highest BCUT2D eigenvalue weighted by molar-refractivity contribution is 6.61. The quantitative estimate of drug-likeness (QED) is 0.796. The zero-order valence-corrected chi connectivity index (χ0v) is 14.6. The van der Waals surface area contributed by atoms with E-state index in [0.29, 0.717) is 6.54 Å². The van der Waals surface area contributed by atoms with Gasteiger partial charge in [0.2, 0.25) is 0 Å². The highest BCUT2D eigenvalue weighted by Gasteiger charge is 2.52. The van der Waals surface area contributed by atoms with Gasteiger partial charge in [0.1, 0.15) is 0 Å². The molecule has 4 nitrogen and oxygen atoms in total. The lowest BCUT2D eigenvalue weighted by atomic mass is 9.82. The number of hydrogen-bond donors (Lipinski definition) is 0. The SMILES string of the molecule is CC1(C)OB(c2cnn(Cc3ccc(C(F)(F)F)cc3)c2)OC1(C)C. The van der Waals surface area contributed by atoms with Crippen molar-refractivity contribution >= 4 is 12.6 Å². The van der Waals surface area contributed by atoms with Gasteiger partial charge in [0.05, 0.1) is 23.3 Å². The van der Waals surface area contributed by atoms with E-state index in [2.05, 4.69) is 5.10 Å². The number of nitrogens with zero attached hydrogens (tertiary/aromatic N) is 2. The molecular weight excluding hydrogens is 332 g/mol. The molecule has 1 aliphatic rings. The summed E-state index contributed by atoms with van der Waals surface area (Å²) in [6.45, 7) is 8.26.